The summed E-state index contributed by atoms with van der Waals surface area (Å²) in [5.41, 5.74) is 1.70. The number of hydrogen-bond acceptors (Lipinski definition) is 1. The van der Waals surface area contributed by atoms with Gasteiger partial charge in [0, 0.05) is 0 Å². The molecule has 10 heavy (non-hydrogen) atoms. The highest BCUT2D eigenvalue weighted by atomic mass is 35.5. The lowest BCUT2D eigenvalue weighted by molar-refractivity contribution is 1.10. The maximum Gasteiger partial charge on any atom is 0.0647 e. The van der Waals surface area contributed by atoms with Crippen molar-refractivity contribution in [1.82, 2.24) is 4.98 Å². The largest absolute Gasteiger partial charge is 0.255 e. The maximum absolute atomic E-state index is 5.73. The van der Waals surface area contributed by atoms with Crippen LogP contribution in [0.15, 0.2) is 12.1 Å². The molecule has 0 atom stereocenters. The number of alkyl halides is 1. The van der Waals surface area contributed by atoms with Crippen molar-refractivity contribution >= 4 is 23.2 Å². The Kier molecular flexibility index (Phi) is 2.52. The van der Waals surface area contributed by atoms with E-state index >= 15 is 0 Å². The molecule has 1 nitrogen and oxygen atoms in total. The molecule has 0 fully saturated rings. The normalized spacial score (nSPS) is 9.90. The monoisotopic (exact) mass is 175 g/mol. The lowest BCUT2D eigenvalue weighted by atomic mass is 10.3. The molecule has 1 aromatic rings. The van der Waals surface area contributed by atoms with Crippen LogP contribution in [0.25, 0.3) is 0 Å². The lowest BCUT2D eigenvalue weighted by Crippen LogP contribution is -1.88. The van der Waals surface area contributed by atoms with E-state index < -0.39 is 0 Å². The number of halogens is 2. The molecule has 0 saturated heterocycles. The fourth-order valence-corrected chi connectivity index (χ4v) is 0.925. The quantitative estimate of drug-likeness (QED) is 0.599. The van der Waals surface area contributed by atoms with Crippen LogP contribution < -0.4 is 0 Å². The van der Waals surface area contributed by atoms with Crippen LogP contribution in [0.4, 0.5) is 0 Å². The predicted molar refractivity (Wildman–Crippen MR) is 43.5 cm³/mol. The minimum atomic E-state index is 0.442. The topological polar surface area (TPSA) is 12.9 Å². The van der Waals surface area contributed by atoms with Crippen molar-refractivity contribution in [2.75, 3.05) is 0 Å². The molecule has 0 aromatic carbocycles. The highest BCUT2D eigenvalue weighted by molar-refractivity contribution is 6.31. The van der Waals surface area contributed by atoms with Gasteiger partial charge in [-0.25, -0.2) is 0 Å². The fraction of sp³-hybridized carbons (Fsp3) is 0.286. The van der Waals surface area contributed by atoms with Crippen LogP contribution in [0.5, 0.6) is 0 Å². The first-order chi connectivity index (χ1) is 4.74. The van der Waals surface area contributed by atoms with E-state index in [-0.39, 0.29) is 0 Å². The summed E-state index contributed by atoms with van der Waals surface area (Å²) in [4.78, 5) is 4.13. The standard InChI is InChI=1S/C7H7Cl2N/c1-5-7(9)3-2-6(4-8)10-5/h2-3H,4H2,1H3. The average molecular weight is 176 g/mol. The molecule has 1 aromatic heterocycles. The summed E-state index contributed by atoms with van der Waals surface area (Å²) in [6.07, 6.45) is 0. The Morgan fingerprint density at radius 3 is 2.70 bits per heavy atom. The van der Waals surface area contributed by atoms with E-state index in [1.54, 1.807) is 0 Å². The van der Waals surface area contributed by atoms with Crippen LogP contribution in [-0.2, 0) is 5.88 Å². The van der Waals surface area contributed by atoms with Gasteiger partial charge in [0.2, 0.25) is 0 Å². The Balaban J connectivity index is 3.04. The van der Waals surface area contributed by atoms with Gasteiger partial charge in [-0.2, -0.15) is 0 Å². The van der Waals surface area contributed by atoms with Crippen LogP contribution in [0.1, 0.15) is 11.4 Å². The molecule has 1 heterocycles. The van der Waals surface area contributed by atoms with E-state index in [9.17, 15) is 0 Å². The summed E-state index contributed by atoms with van der Waals surface area (Å²) in [5, 5.41) is 0.689. The van der Waals surface area contributed by atoms with E-state index in [0.29, 0.717) is 10.9 Å². The second kappa shape index (κ2) is 3.22. The SMILES string of the molecule is Cc1nc(CCl)ccc1Cl. The Morgan fingerprint density at radius 2 is 2.20 bits per heavy atom. The molecule has 0 radical (unpaired) electrons. The molecular weight excluding hydrogens is 169 g/mol. The van der Waals surface area contributed by atoms with Gasteiger partial charge in [-0.1, -0.05) is 11.6 Å². The van der Waals surface area contributed by atoms with Gasteiger partial charge in [-0.05, 0) is 19.1 Å². The van der Waals surface area contributed by atoms with Crippen molar-refractivity contribution < 1.29 is 0 Å². The molecule has 0 bridgehead atoms. The van der Waals surface area contributed by atoms with Gasteiger partial charge in [0.25, 0.3) is 0 Å². The molecule has 1 rings (SSSR count). The third kappa shape index (κ3) is 1.61. The van der Waals surface area contributed by atoms with Gasteiger partial charge in [0.15, 0.2) is 0 Å². The Labute approximate surface area is 70.0 Å². The Morgan fingerprint density at radius 1 is 1.50 bits per heavy atom. The van der Waals surface area contributed by atoms with E-state index in [4.69, 9.17) is 23.2 Å². The molecule has 0 aliphatic carbocycles. The van der Waals surface area contributed by atoms with Crippen molar-refractivity contribution in [2.45, 2.75) is 12.8 Å². The molecule has 54 valence electrons. The first-order valence-electron chi connectivity index (χ1n) is 2.92. The maximum atomic E-state index is 5.73. The molecular formula is C7H7Cl2N. The van der Waals surface area contributed by atoms with Crippen LogP contribution >= 0.6 is 23.2 Å². The number of aromatic nitrogens is 1. The third-order valence-electron chi connectivity index (χ3n) is 1.22. The van der Waals surface area contributed by atoms with Crippen LogP contribution in [0.3, 0.4) is 0 Å². The van der Waals surface area contributed by atoms with Crippen molar-refractivity contribution in [3.8, 4) is 0 Å². The van der Waals surface area contributed by atoms with Gasteiger partial charge in [-0.3, -0.25) is 4.98 Å². The molecule has 0 aliphatic rings. The van der Waals surface area contributed by atoms with E-state index in [2.05, 4.69) is 4.98 Å². The van der Waals surface area contributed by atoms with Crippen LogP contribution in [0.2, 0.25) is 5.02 Å². The van der Waals surface area contributed by atoms with E-state index in [1.165, 1.54) is 0 Å². The van der Waals surface area contributed by atoms with Crippen LogP contribution in [0, 0.1) is 6.92 Å². The first kappa shape index (κ1) is 7.83. The highest BCUT2D eigenvalue weighted by Crippen LogP contribution is 2.13. The Bertz CT molecular complexity index is 235. The van der Waals surface area contributed by atoms with Crippen LogP contribution in [-0.4, -0.2) is 4.98 Å². The summed E-state index contributed by atoms with van der Waals surface area (Å²) >= 11 is 11.3. The van der Waals surface area contributed by atoms with Crippen molar-refractivity contribution in [2.24, 2.45) is 0 Å². The molecule has 0 amide bonds. The number of hydrogen-bond donors (Lipinski definition) is 0. The van der Waals surface area contributed by atoms with E-state index in [1.807, 2.05) is 19.1 Å². The minimum Gasteiger partial charge on any atom is -0.255 e. The molecule has 3 heteroatoms. The summed E-state index contributed by atoms with van der Waals surface area (Å²) in [7, 11) is 0. The smallest absolute Gasteiger partial charge is 0.0647 e. The van der Waals surface area contributed by atoms with Gasteiger partial charge in [-0.15, -0.1) is 11.6 Å². The van der Waals surface area contributed by atoms with Gasteiger partial charge >= 0.3 is 0 Å². The van der Waals surface area contributed by atoms with Gasteiger partial charge in [0.05, 0.1) is 22.3 Å². The predicted octanol–water partition coefficient (Wildman–Crippen LogP) is 2.78. The molecule has 0 unspecified atom stereocenters. The van der Waals surface area contributed by atoms with Gasteiger partial charge in [0.1, 0.15) is 0 Å². The zero-order valence-electron chi connectivity index (χ0n) is 5.56. The summed E-state index contributed by atoms with van der Waals surface area (Å²) < 4.78 is 0. The summed E-state index contributed by atoms with van der Waals surface area (Å²) in [6.45, 7) is 1.86. The fourth-order valence-electron chi connectivity index (χ4n) is 0.670. The van der Waals surface area contributed by atoms with E-state index in [0.717, 1.165) is 11.4 Å². The highest BCUT2D eigenvalue weighted by Gasteiger charge is 1.96. The number of nitrogens with zero attached hydrogens (tertiary/aromatic N) is 1. The zero-order valence-corrected chi connectivity index (χ0v) is 7.08. The zero-order chi connectivity index (χ0) is 7.56. The van der Waals surface area contributed by atoms with Crippen molar-refractivity contribution in [1.29, 1.82) is 0 Å². The molecule has 0 aliphatic heterocycles. The van der Waals surface area contributed by atoms with Crippen molar-refractivity contribution in [3.05, 3.63) is 28.5 Å². The molecule has 0 spiro atoms. The molecule has 0 N–H and O–H groups in total. The minimum absolute atomic E-state index is 0.442. The second-order valence-corrected chi connectivity index (χ2v) is 2.68. The number of rotatable bonds is 1. The summed E-state index contributed by atoms with van der Waals surface area (Å²) in [5.74, 6) is 0.442. The molecule has 0 saturated carbocycles. The number of aryl methyl sites for hydroxylation is 1. The first-order valence-corrected chi connectivity index (χ1v) is 3.83. The van der Waals surface area contributed by atoms with Crippen molar-refractivity contribution in [3.63, 3.8) is 0 Å². The third-order valence-corrected chi connectivity index (χ3v) is 1.89. The number of pyridine rings is 1. The second-order valence-electron chi connectivity index (χ2n) is 2.00. The van der Waals surface area contributed by atoms with Gasteiger partial charge < -0.3 is 0 Å². The average Bonchev–Trinajstić information content (AvgIpc) is 1.95. The Hall–Kier alpha value is -0.270. The summed E-state index contributed by atoms with van der Waals surface area (Å²) in [6, 6.07) is 3.63. The lowest BCUT2D eigenvalue weighted by Gasteiger charge is -1.97.